The molecule has 0 aromatic heterocycles. The van der Waals surface area contributed by atoms with E-state index in [0.29, 0.717) is 6.54 Å². The Morgan fingerprint density at radius 1 is 1.44 bits per heavy atom. The molecule has 1 aromatic rings. The van der Waals surface area contributed by atoms with Gasteiger partial charge in [0, 0.05) is 19.3 Å². The summed E-state index contributed by atoms with van der Waals surface area (Å²) in [7, 11) is 1.80. The monoisotopic (exact) mass is 217 g/mol. The molecule has 0 spiro atoms. The number of amides is 1. The Kier molecular flexibility index (Phi) is 1.56. The van der Waals surface area contributed by atoms with Crippen molar-refractivity contribution in [3.63, 3.8) is 0 Å². The highest BCUT2D eigenvalue weighted by Crippen LogP contribution is 2.49. The van der Waals surface area contributed by atoms with Gasteiger partial charge in [0.25, 0.3) is 5.91 Å². The zero-order chi connectivity index (χ0) is 11.6. The van der Waals surface area contributed by atoms with Crippen LogP contribution in [0.3, 0.4) is 0 Å². The molecule has 0 radical (unpaired) electrons. The third-order valence-corrected chi connectivity index (χ3v) is 3.96. The van der Waals surface area contributed by atoms with Crippen LogP contribution in [0, 0.1) is 0 Å². The number of anilines is 1. The van der Waals surface area contributed by atoms with Crippen molar-refractivity contribution < 1.29 is 4.79 Å². The summed E-state index contributed by atoms with van der Waals surface area (Å²) in [6, 6.07) is 7.96. The van der Waals surface area contributed by atoms with Crippen LogP contribution >= 0.6 is 0 Å². The molecule has 1 amide bonds. The predicted octanol–water partition coefficient (Wildman–Crippen LogP) is 0.497. The number of nitrogens with zero attached hydrogens (tertiary/aromatic N) is 1. The average Bonchev–Trinajstić information content (AvgIpc) is 2.57. The predicted molar refractivity (Wildman–Crippen MR) is 62.0 cm³/mol. The number of carbonyl (C=O) groups is 1. The van der Waals surface area contributed by atoms with Crippen LogP contribution in [0.1, 0.15) is 12.5 Å². The molecule has 2 aliphatic rings. The lowest BCUT2D eigenvalue weighted by Crippen LogP contribution is -2.60. The van der Waals surface area contributed by atoms with E-state index in [1.807, 2.05) is 31.2 Å². The van der Waals surface area contributed by atoms with Gasteiger partial charge in [-0.05, 0) is 18.6 Å². The van der Waals surface area contributed by atoms with E-state index in [-0.39, 0.29) is 11.3 Å². The lowest BCUT2D eigenvalue weighted by Gasteiger charge is -2.30. The Hall–Kier alpha value is -1.55. The lowest BCUT2D eigenvalue weighted by molar-refractivity contribution is -0.130. The van der Waals surface area contributed by atoms with Crippen molar-refractivity contribution in [3.05, 3.63) is 29.8 Å². The smallest absolute Gasteiger partial charge is 0.263 e. The SMILES string of the molecule is CN1C[C@]2(C)c3ccccc3N[C@]2(N)C1=O. The van der Waals surface area contributed by atoms with Crippen molar-refractivity contribution >= 4 is 11.6 Å². The molecule has 1 aromatic carbocycles. The normalized spacial score (nSPS) is 35.9. The van der Waals surface area contributed by atoms with Gasteiger partial charge in [0.15, 0.2) is 5.66 Å². The number of benzene rings is 1. The van der Waals surface area contributed by atoms with E-state index >= 15 is 0 Å². The van der Waals surface area contributed by atoms with Gasteiger partial charge in [-0.25, -0.2) is 0 Å². The standard InChI is InChI=1S/C12H15N3O/c1-11-7-15(2)10(16)12(11,13)14-9-6-4-3-5-8(9)11/h3-6,14H,7,13H2,1-2H3/t11-,12-/m1/s1. The van der Waals surface area contributed by atoms with Crippen LogP contribution in [0.25, 0.3) is 0 Å². The molecule has 0 aliphatic carbocycles. The highest BCUT2D eigenvalue weighted by Gasteiger charge is 2.63. The highest BCUT2D eigenvalue weighted by molar-refractivity contribution is 5.96. The lowest BCUT2D eigenvalue weighted by atomic mass is 9.77. The van der Waals surface area contributed by atoms with Gasteiger partial charge in [-0.1, -0.05) is 18.2 Å². The number of rotatable bonds is 0. The van der Waals surface area contributed by atoms with Gasteiger partial charge in [0.2, 0.25) is 0 Å². The second kappa shape index (κ2) is 2.58. The quantitative estimate of drug-likeness (QED) is 0.665. The molecule has 3 rings (SSSR count). The third kappa shape index (κ3) is 0.826. The molecule has 0 unspecified atom stereocenters. The summed E-state index contributed by atoms with van der Waals surface area (Å²) in [4.78, 5) is 13.8. The Morgan fingerprint density at radius 3 is 2.88 bits per heavy atom. The van der Waals surface area contributed by atoms with Gasteiger partial charge >= 0.3 is 0 Å². The fraction of sp³-hybridized carbons (Fsp3) is 0.417. The molecule has 1 fully saturated rings. The molecular formula is C12H15N3O. The van der Waals surface area contributed by atoms with E-state index in [9.17, 15) is 4.79 Å². The molecule has 2 heterocycles. The topological polar surface area (TPSA) is 58.4 Å². The number of nitrogens with one attached hydrogen (secondary N) is 1. The van der Waals surface area contributed by atoms with Gasteiger partial charge in [-0.15, -0.1) is 0 Å². The minimum absolute atomic E-state index is 0.0359. The van der Waals surface area contributed by atoms with Gasteiger partial charge in [0.1, 0.15) is 0 Å². The second-order valence-corrected chi connectivity index (χ2v) is 4.97. The van der Waals surface area contributed by atoms with Crippen LogP contribution in [-0.2, 0) is 10.2 Å². The maximum atomic E-state index is 12.1. The van der Waals surface area contributed by atoms with Crippen LogP contribution in [0.5, 0.6) is 0 Å². The van der Waals surface area contributed by atoms with E-state index in [4.69, 9.17) is 5.73 Å². The third-order valence-electron chi connectivity index (χ3n) is 3.96. The number of nitrogens with two attached hydrogens (primary N) is 1. The van der Waals surface area contributed by atoms with Crippen LogP contribution < -0.4 is 11.1 Å². The highest BCUT2D eigenvalue weighted by atomic mass is 16.2. The largest absolute Gasteiger partial charge is 0.359 e. The summed E-state index contributed by atoms with van der Waals surface area (Å²) < 4.78 is 0. The molecule has 2 atom stereocenters. The Balaban J connectivity index is 2.23. The molecule has 3 N–H and O–H groups in total. The second-order valence-electron chi connectivity index (χ2n) is 4.97. The summed E-state index contributed by atoms with van der Waals surface area (Å²) in [6.45, 7) is 2.71. The first kappa shape index (κ1) is 9.66. The van der Waals surface area contributed by atoms with Crippen LogP contribution in [-0.4, -0.2) is 30.1 Å². The molecule has 0 saturated carbocycles. The van der Waals surface area contributed by atoms with Crippen LogP contribution in [0.2, 0.25) is 0 Å². The maximum absolute atomic E-state index is 12.1. The molecule has 2 aliphatic heterocycles. The van der Waals surface area contributed by atoms with Crippen molar-refractivity contribution in [1.82, 2.24) is 4.90 Å². The molecule has 84 valence electrons. The number of carbonyl (C=O) groups excluding carboxylic acids is 1. The van der Waals surface area contributed by atoms with E-state index in [1.165, 1.54) is 0 Å². The summed E-state index contributed by atoms with van der Waals surface area (Å²) in [5, 5.41) is 3.18. The molecule has 4 heteroatoms. The Morgan fingerprint density at radius 2 is 2.12 bits per heavy atom. The molecule has 0 bridgehead atoms. The van der Waals surface area contributed by atoms with Gasteiger partial charge in [-0.2, -0.15) is 0 Å². The first-order valence-electron chi connectivity index (χ1n) is 5.41. The molecular weight excluding hydrogens is 202 g/mol. The fourth-order valence-corrected chi connectivity index (χ4v) is 2.98. The molecule has 1 saturated heterocycles. The van der Waals surface area contributed by atoms with Gasteiger partial charge < -0.3 is 16.0 Å². The fourth-order valence-electron chi connectivity index (χ4n) is 2.98. The Bertz CT molecular complexity index is 487. The van der Waals surface area contributed by atoms with E-state index in [0.717, 1.165) is 11.3 Å². The van der Waals surface area contributed by atoms with Crippen molar-refractivity contribution in [2.75, 3.05) is 18.9 Å². The zero-order valence-corrected chi connectivity index (χ0v) is 9.45. The van der Waals surface area contributed by atoms with Crippen molar-refractivity contribution in [3.8, 4) is 0 Å². The Labute approximate surface area is 94.4 Å². The summed E-state index contributed by atoms with van der Waals surface area (Å²) in [5.41, 5.74) is 7.08. The van der Waals surface area contributed by atoms with E-state index < -0.39 is 5.66 Å². The number of likely N-dealkylation sites (N-methyl/N-ethyl adjacent to an activating group) is 1. The number of hydrogen-bond acceptors (Lipinski definition) is 3. The maximum Gasteiger partial charge on any atom is 0.263 e. The van der Waals surface area contributed by atoms with Crippen LogP contribution in [0.4, 0.5) is 5.69 Å². The van der Waals surface area contributed by atoms with Crippen molar-refractivity contribution in [2.24, 2.45) is 5.73 Å². The molecule has 4 nitrogen and oxygen atoms in total. The van der Waals surface area contributed by atoms with Gasteiger partial charge in [-0.3, -0.25) is 4.79 Å². The number of hydrogen-bond donors (Lipinski definition) is 2. The van der Waals surface area contributed by atoms with E-state index in [1.54, 1.807) is 11.9 Å². The zero-order valence-electron chi connectivity index (χ0n) is 9.45. The summed E-state index contributed by atoms with van der Waals surface area (Å²) >= 11 is 0. The first-order chi connectivity index (χ1) is 7.49. The summed E-state index contributed by atoms with van der Waals surface area (Å²) in [6.07, 6.45) is 0. The molecule has 16 heavy (non-hydrogen) atoms. The minimum Gasteiger partial charge on any atom is -0.359 e. The van der Waals surface area contributed by atoms with Gasteiger partial charge in [0.05, 0.1) is 5.41 Å². The van der Waals surface area contributed by atoms with Crippen molar-refractivity contribution in [1.29, 1.82) is 0 Å². The summed E-state index contributed by atoms with van der Waals surface area (Å²) in [5.74, 6) is -0.0359. The van der Waals surface area contributed by atoms with Crippen molar-refractivity contribution in [2.45, 2.75) is 18.0 Å². The van der Waals surface area contributed by atoms with Crippen LogP contribution in [0.15, 0.2) is 24.3 Å². The average molecular weight is 217 g/mol. The van der Waals surface area contributed by atoms with E-state index in [2.05, 4.69) is 5.32 Å². The first-order valence-corrected chi connectivity index (χ1v) is 5.41. The number of para-hydroxylation sites is 1. The number of fused-ring (bicyclic) bond motifs is 3. The minimum atomic E-state index is -0.981. The number of likely N-dealkylation sites (tertiary alicyclic amines) is 1.